The van der Waals surface area contributed by atoms with E-state index in [1.807, 2.05) is 13.8 Å². The molecule has 0 heterocycles. The molecule has 0 aromatic heterocycles. The molecular formula is C11H14BrNO3. The molecule has 1 aromatic carbocycles. The molecule has 0 saturated carbocycles. The highest BCUT2D eigenvalue weighted by atomic mass is 79.9. The molecule has 0 fully saturated rings. The van der Waals surface area contributed by atoms with Gasteiger partial charge >= 0.3 is 0 Å². The van der Waals surface area contributed by atoms with E-state index in [2.05, 4.69) is 15.9 Å². The Labute approximate surface area is 103 Å². The summed E-state index contributed by atoms with van der Waals surface area (Å²) in [4.78, 5) is 11.1. The molecule has 0 radical (unpaired) electrons. The zero-order valence-electron chi connectivity index (χ0n) is 9.25. The first-order valence-corrected chi connectivity index (χ1v) is 5.78. The summed E-state index contributed by atoms with van der Waals surface area (Å²) < 4.78 is 11.4. The van der Waals surface area contributed by atoms with Crippen molar-refractivity contribution in [2.75, 3.05) is 13.2 Å². The summed E-state index contributed by atoms with van der Waals surface area (Å²) >= 11 is 3.27. The van der Waals surface area contributed by atoms with Gasteiger partial charge in [-0.15, -0.1) is 0 Å². The molecule has 4 nitrogen and oxygen atoms in total. The van der Waals surface area contributed by atoms with Gasteiger partial charge in [-0.25, -0.2) is 0 Å². The van der Waals surface area contributed by atoms with Crippen LogP contribution in [0.25, 0.3) is 0 Å². The molecule has 16 heavy (non-hydrogen) atoms. The van der Waals surface area contributed by atoms with Gasteiger partial charge in [-0.3, -0.25) is 4.79 Å². The lowest BCUT2D eigenvalue weighted by molar-refractivity contribution is 0.0999. The van der Waals surface area contributed by atoms with Crippen LogP contribution < -0.4 is 15.2 Å². The smallest absolute Gasteiger partial charge is 0.249 e. The molecule has 1 aromatic rings. The number of amides is 1. The minimum Gasteiger partial charge on any atom is -0.490 e. The zero-order chi connectivity index (χ0) is 12.1. The van der Waals surface area contributed by atoms with Crippen molar-refractivity contribution in [3.05, 3.63) is 22.2 Å². The third-order valence-corrected chi connectivity index (χ3v) is 2.55. The Bertz CT molecular complexity index is 393. The predicted octanol–water partition coefficient (Wildman–Crippen LogP) is 2.35. The number of primary amides is 1. The van der Waals surface area contributed by atoms with Crippen molar-refractivity contribution in [3.63, 3.8) is 0 Å². The summed E-state index contributed by atoms with van der Waals surface area (Å²) in [6.45, 7) is 4.77. The van der Waals surface area contributed by atoms with E-state index in [9.17, 15) is 4.79 Å². The second-order valence-corrected chi connectivity index (χ2v) is 3.86. The van der Waals surface area contributed by atoms with E-state index < -0.39 is 5.91 Å². The Kier molecular flexibility index (Phi) is 4.61. The number of hydrogen-bond acceptors (Lipinski definition) is 3. The quantitative estimate of drug-likeness (QED) is 0.904. The van der Waals surface area contributed by atoms with Crippen molar-refractivity contribution >= 4 is 21.8 Å². The third kappa shape index (κ3) is 2.88. The summed E-state index contributed by atoms with van der Waals surface area (Å²) in [5, 5.41) is 0. The van der Waals surface area contributed by atoms with E-state index in [-0.39, 0.29) is 0 Å². The molecule has 0 aliphatic carbocycles. The Balaban J connectivity index is 3.19. The van der Waals surface area contributed by atoms with Crippen LogP contribution in [0.1, 0.15) is 24.2 Å². The first-order valence-electron chi connectivity index (χ1n) is 4.99. The number of hydrogen-bond donors (Lipinski definition) is 1. The van der Waals surface area contributed by atoms with Crippen molar-refractivity contribution in [3.8, 4) is 11.5 Å². The molecule has 5 heteroatoms. The predicted molar refractivity (Wildman–Crippen MR) is 65.0 cm³/mol. The van der Waals surface area contributed by atoms with Gasteiger partial charge in [0, 0.05) is 4.47 Å². The van der Waals surface area contributed by atoms with Crippen molar-refractivity contribution in [1.82, 2.24) is 0 Å². The normalized spacial score (nSPS) is 9.94. The van der Waals surface area contributed by atoms with E-state index >= 15 is 0 Å². The van der Waals surface area contributed by atoms with Crippen LogP contribution in [0.5, 0.6) is 11.5 Å². The fourth-order valence-corrected chi connectivity index (χ4v) is 1.78. The topological polar surface area (TPSA) is 61.5 Å². The van der Waals surface area contributed by atoms with Crippen molar-refractivity contribution in [2.45, 2.75) is 13.8 Å². The van der Waals surface area contributed by atoms with Gasteiger partial charge in [-0.05, 0) is 41.9 Å². The number of carbonyl (C=O) groups is 1. The van der Waals surface area contributed by atoms with Crippen molar-refractivity contribution in [1.29, 1.82) is 0 Å². The van der Waals surface area contributed by atoms with Crippen LogP contribution >= 0.6 is 15.9 Å². The Morgan fingerprint density at radius 3 is 2.19 bits per heavy atom. The summed E-state index contributed by atoms with van der Waals surface area (Å²) in [5.41, 5.74) is 5.62. The average Bonchev–Trinajstić information content (AvgIpc) is 2.22. The number of benzene rings is 1. The van der Waals surface area contributed by atoms with Gasteiger partial charge < -0.3 is 15.2 Å². The van der Waals surface area contributed by atoms with Gasteiger partial charge in [0.1, 0.15) is 0 Å². The van der Waals surface area contributed by atoms with Crippen molar-refractivity contribution < 1.29 is 14.3 Å². The minimum absolute atomic E-state index is 0.381. The SMILES string of the molecule is CCOc1cc(Br)c(C(N)=O)cc1OCC. The second kappa shape index (κ2) is 5.75. The highest BCUT2D eigenvalue weighted by Gasteiger charge is 2.13. The molecule has 88 valence electrons. The van der Waals surface area contributed by atoms with Crippen LogP contribution in [0.3, 0.4) is 0 Å². The molecule has 0 saturated heterocycles. The lowest BCUT2D eigenvalue weighted by Gasteiger charge is -2.12. The second-order valence-electron chi connectivity index (χ2n) is 3.01. The maximum atomic E-state index is 11.1. The minimum atomic E-state index is -0.504. The molecular weight excluding hydrogens is 274 g/mol. The summed E-state index contributed by atoms with van der Waals surface area (Å²) in [7, 11) is 0. The molecule has 0 aliphatic rings. The van der Waals surface area contributed by atoms with Crippen LogP contribution in [-0.4, -0.2) is 19.1 Å². The third-order valence-electron chi connectivity index (χ3n) is 1.90. The fraction of sp³-hybridized carbons (Fsp3) is 0.364. The number of nitrogens with two attached hydrogens (primary N) is 1. The number of ether oxygens (including phenoxy) is 2. The number of halogens is 1. The molecule has 0 atom stereocenters. The molecule has 0 unspecified atom stereocenters. The largest absolute Gasteiger partial charge is 0.490 e. The molecule has 0 aliphatic heterocycles. The Hall–Kier alpha value is -1.23. The summed E-state index contributed by atoms with van der Waals surface area (Å²) in [5.74, 6) is 0.624. The molecule has 1 rings (SSSR count). The fourth-order valence-electron chi connectivity index (χ4n) is 1.26. The van der Waals surface area contributed by atoms with Crippen LogP contribution in [0.4, 0.5) is 0 Å². The first kappa shape index (κ1) is 12.8. The maximum Gasteiger partial charge on any atom is 0.249 e. The highest BCUT2D eigenvalue weighted by molar-refractivity contribution is 9.10. The van der Waals surface area contributed by atoms with E-state index in [0.29, 0.717) is 34.7 Å². The van der Waals surface area contributed by atoms with Crippen LogP contribution in [-0.2, 0) is 0 Å². The monoisotopic (exact) mass is 287 g/mol. The maximum absolute atomic E-state index is 11.1. The molecule has 1 amide bonds. The first-order chi connectivity index (χ1) is 7.60. The molecule has 0 spiro atoms. The van der Waals surface area contributed by atoms with E-state index in [1.165, 1.54) is 0 Å². The lowest BCUT2D eigenvalue weighted by atomic mass is 10.2. The van der Waals surface area contributed by atoms with Crippen LogP contribution in [0.2, 0.25) is 0 Å². The number of carbonyl (C=O) groups excluding carboxylic acids is 1. The van der Waals surface area contributed by atoms with Crippen LogP contribution in [0, 0.1) is 0 Å². The standard InChI is InChI=1S/C11H14BrNO3/c1-3-15-9-5-7(11(13)14)8(12)6-10(9)16-4-2/h5-6H,3-4H2,1-2H3,(H2,13,14). The lowest BCUT2D eigenvalue weighted by Crippen LogP contribution is -2.12. The van der Waals surface area contributed by atoms with Gasteiger partial charge in [-0.2, -0.15) is 0 Å². The summed E-state index contributed by atoms with van der Waals surface area (Å²) in [6.07, 6.45) is 0. The van der Waals surface area contributed by atoms with Crippen molar-refractivity contribution in [2.24, 2.45) is 5.73 Å². The zero-order valence-corrected chi connectivity index (χ0v) is 10.8. The average molecular weight is 288 g/mol. The van der Waals surface area contributed by atoms with Crippen LogP contribution in [0.15, 0.2) is 16.6 Å². The molecule has 0 bridgehead atoms. The van der Waals surface area contributed by atoms with E-state index in [0.717, 1.165) is 0 Å². The van der Waals surface area contributed by atoms with Gasteiger partial charge in [0.2, 0.25) is 5.91 Å². The molecule has 2 N–H and O–H groups in total. The van der Waals surface area contributed by atoms with Gasteiger partial charge in [-0.1, -0.05) is 0 Å². The highest BCUT2D eigenvalue weighted by Crippen LogP contribution is 2.33. The number of rotatable bonds is 5. The van der Waals surface area contributed by atoms with Gasteiger partial charge in [0.25, 0.3) is 0 Å². The van der Waals surface area contributed by atoms with Gasteiger partial charge in [0.05, 0.1) is 18.8 Å². The van der Waals surface area contributed by atoms with Gasteiger partial charge in [0.15, 0.2) is 11.5 Å². The van der Waals surface area contributed by atoms with E-state index in [1.54, 1.807) is 12.1 Å². The summed E-state index contributed by atoms with van der Waals surface area (Å²) in [6, 6.07) is 3.27. The Morgan fingerprint density at radius 1 is 1.25 bits per heavy atom. The van der Waals surface area contributed by atoms with E-state index in [4.69, 9.17) is 15.2 Å². The Morgan fingerprint density at radius 2 is 1.75 bits per heavy atom.